The maximum Gasteiger partial charge on any atom is 0.162 e. The minimum atomic E-state index is 0.107. The van der Waals surface area contributed by atoms with E-state index in [4.69, 9.17) is 4.74 Å². The predicted octanol–water partition coefficient (Wildman–Crippen LogP) is 11.5. The zero-order valence-corrected chi connectivity index (χ0v) is 34.3. The predicted molar refractivity (Wildman–Crippen MR) is 225 cm³/mol. The van der Waals surface area contributed by atoms with E-state index in [-0.39, 0.29) is 22.2 Å². The maximum absolute atomic E-state index is 5.56. The lowest BCUT2D eigenvalue weighted by Crippen LogP contribution is -2.41. The summed E-state index contributed by atoms with van der Waals surface area (Å²) in [5.74, 6) is 2.08. The van der Waals surface area contributed by atoms with E-state index in [0.29, 0.717) is 6.73 Å². The normalized spacial score (nSPS) is 14.8. The summed E-state index contributed by atoms with van der Waals surface area (Å²) in [6, 6.07) is 33.5. The molecule has 0 spiro atoms. The molecule has 7 nitrogen and oxygen atoms in total. The van der Waals surface area contributed by atoms with Gasteiger partial charge in [-0.1, -0.05) is 48.5 Å². The molecule has 8 rings (SSSR count). The Hall–Kier alpha value is -4.30. The van der Waals surface area contributed by atoms with Crippen molar-refractivity contribution in [2.75, 3.05) is 39.3 Å². The molecule has 8 heteroatoms. The van der Waals surface area contributed by atoms with Gasteiger partial charge in [0.25, 0.3) is 0 Å². The van der Waals surface area contributed by atoms with Crippen molar-refractivity contribution >= 4 is 45.5 Å². The third-order valence-corrected chi connectivity index (χ3v) is 10.3. The highest BCUT2D eigenvalue weighted by atomic mass is 32.2. The summed E-state index contributed by atoms with van der Waals surface area (Å²) in [4.78, 5) is 12.9. The number of fused-ring (bicyclic) bond motifs is 4. The Bertz CT molecular complexity index is 1770. The Morgan fingerprint density at radius 2 is 1.13 bits per heavy atom. The Labute approximate surface area is 317 Å². The maximum atomic E-state index is 5.56. The van der Waals surface area contributed by atoms with E-state index in [2.05, 4.69) is 173 Å². The van der Waals surface area contributed by atoms with Gasteiger partial charge in [-0.3, -0.25) is 0 Å². The number of anilines is 4. The number of rotatable bonds is 0. The lowest BCUT2D eigenvalue weighted by atomic mass is 10.1. The van der Waals surface area contributed by atoms with Crippen LogP contribution < -0.4 is 24.8 Å². The molecule has 0 unspecified atom stereocenters. The highest BCUT2D eigenvalue weighted by Gasteiger charge is 2.30. The molecule has 3 aliphatic rings. The van der Waals surface area contributed by atoms with Crippen molar-refractivity contribution in [2.24, 2.45) is 0 Å². The average molecular weight is 721 g/mol. The molecule has 0 saturated heterocycles. The first-order valence-electron chi connectivity index (χ1n) is 18.4. The van der Waals surface area contributed by atoms with Gasteiger partial charge in [0, 0.05) is 27.1 Å². The van der Waals surface area contributed by atoms with E-state index in [1.165, 1.54) is 33.2 Å². The SMILES string of the molecule is CC(C)(C)N1CNc2ccccc21.CC(C)(C)N1COc2ccccc21.CC(C)(C)N1CSc2ccccc21.CC(C)(C)n1cnc2ccccc21. The fraction of sp³-hybridized carbons (Fsp3) is 0.432. The molecular weight excluding hydrogens is 661 g/mol. The van der Waals surface area contributed by atoms with E-state index < -0.39 is 0 Å². The number of thioether (sulfide) groups is 1. The summed E-state index contributed by atoms with van der Waals surface area (Å²) in [5, 5.41) is 3.38. The summed E-state index contributed by atoms with van der Waals surface area (Å²) >= 11 is 1.93. The standard InChI is InChI=1S/C11H16N2.C11H14N2.C11H15NO.C11H15NS/c2*1-11(2,3)13-8-12-9-6-4-5-7-10(9)13;2*1-11(2,3)12-8-13-10-7-5-4-6-9(10)12/h4-7,12H,8H2,1-3H3;4-8H,1-3H3;2*4-7H,8H2,1-3H3. The minimum absolute atomic E-state index is 0.107. The third-order valence-electron chi connectivity index (χ3n) is 9.24. The van der Waals surface area contributed by atoms with Gasteiger partial charge in [-0.05, 0) is 132 Å². The molecule has 5 aromatic rings. The van der Waals surface area contributed by atoms with Crippen LogP contribution in [0.4, 0.5) is 22.7 Å². The van der Waals surface area contributed by atoms with Crippen LogP contribution in [0.3, 0.4) is 0 Å². The number of imidazole rings is 1. The number of benzene rings is 4. The largest absolute Gasteiger partial charge is 0.471 e. The van der Waals surface area contributed by atoms with E-state index in [0.717, 1.165) is 23.8 Å². The molecule has 0 aliphatic carbocycles. The van der Waals surface area contributed by atoms with Crippen molar-refractivity contribution in [1.29, 1.82) is 0 Å². The summed E-state index contributed by atoms with van der Waals surface area (Å²) in [7, 11) is 0. The number of hydrogen-bond donors (Lipinski definition) is 1. The molecule has 4 aromatic carbocycles. The molecule has 1 aromatic heterocycles. The smallest absolute Gasteiger partial charge is 0.162 e. The fourth-order valence-corrected chi connectivity index (χ4v) is 7.62. The molecule has 278 valence electrons. The van der Waals surface area contributed by atoms with Gasteiger partial charge < -0.3 is 29.3 Å². The van der Waals surface area contributed by atoms with Gasteiger partial charge in [-0.2, -0.15) is 0 Å². The van der Waals surface area contributed by atoms with Gasteiger partial charge in [0.15, 0.2) is 6.73 Å². The number of hydrogen-bond acceptors (Lipinski definition) is 7. The van der Waals surface area contributed by atoms with Crippen molar-refractivity contribution in [1.82, 2.24) is 9.55 Å². The third kappa shape index (κ3) is 9.19. The first-order valence-corrected chi connectivity index (χ1v) is 19.4. The van der Waals surface area contributed by atoms with Gasteiger partial charge in [0.1, 0.15) is 5.75 Å². The van der Waals surface area contributed by atoms with Gasteiger partial charge in [0.2, 0.25) is 0 Å². The van der Waals surface area contributed by atoms with Crippen LogP contribution in [0.2, 0.25) is 0 Å². The van der Waals surface area contributed by atoms with Crippen LogP contribution in [-0.2, 0) is 5.54 Å². The van der Waals surface area contributed by atoms with Crippen LogP contribution in [0, 0.1) is 0 Å². The number of aromatic nitrogens is 2. The van der Waals surface area contributed by atoms with Crippen LogP contribution in [0.25, 0.3) is 11.0 Å². The second-order valence-electron chi connectivity index (χ2n) is 17.4. The first kappa shape index (κ1) is 38.9. The highest BCUT2D eigenvalue weighted by molar-refractivity contribution is 7.99. The molecule has 0 fully saturated rings. The number of para-hydroxylation sites is 7. The number of ether oxygens (including phenoxy) is 1. The summed E-state index contributed by atoms with van der Waals surface area (Å²) in [6.07, 6.45) is 1.91. The quantitative estimate of drug-likeness (QED) is 0.171. The molecule has 3 aliphatic heterocycles. The van der Waals surface area contributed by atoms with Gasteiger partial charge >= 0.3 is 0 Å². The van der Waals surface area contributed by atoms with Crippen molar-refractivity contribution in [3.05, 3.63) is 103 Å². The second-order valence-corrected chi connectivity index (χ2v) is 18.4. The van der Waals surface area contributed by atoms with Gasteiger partial charge in [0.05, 0.1) is 52.7 Å². The lowest BCUT2D eigenvalue weighted by molar-refractivity contribution is 0.316. The molecule has 4 heterocycles. The molecule has 0 radical (unpaired) electrons. The van der Waals surface area contributed by atoms with Crippen molar-refractivity contribution < 1.29 is 4.74 Å². The minimum Gasteiger partial charge on any atom is -0.471 e. The van der Waals surface area contributed by atoms with Crippen LogP contribution in [0.1, 0.15) is 83.1 Å². The number of nitrogens with one attached hydrogen (secondary N) is 1. The Morgan fingerprint density at radius 1 is 0.577 bits per heavy atom. The molecule has 52 heavy (non-hydrogen) atoms. The van der Waals surface area contributed by atoms with Gasteiger partial charge in [-0.25, -0.2) is 4.98 Å². The highest BCUT2D eigenvalue weighted by Crippen LogP contribution is 2.42. The average Bonchev–Trinajstić information content (AvgIpc) is 3.88. The molecule has 0 saturated carbocycles. The van der Waals surface area contributed by atoms with Gasteiger partial charge in [-0.15, -0.1) is 11.8 Å². The zero-order chi connectivity index (χ0) is 37.9. The second kappa shape index (κ2) is 15.4. The summed E-state index contributed by atoms with van der Waals surface area (Å²) < 4.78 is 7.76. The van der Waals surface area contributed by atoms with Crippen molar-refractivity contribution in [2.45, 2.75) is 110 Å². The molecule has 0 amide bonds. The number of nitrogens with zero attached hydrogens (tertiary/aromatic N) is 5. The summed E-state index contributed by atoms with van der Waals surface area (Å²) in [6.45, 7) is 28.2. The Balaban J connectivity index is 0.000000134. The van der Waals surface area contributed by atoms with E-state index in [9.17, 15) is 0 Å². The van der Waals surface area contributed by atoms with E-state index in [1.807, 2.05) is 54.5 Å². The Kier molecular flexibility index (Phi) is 11.5. The van der Waals surface area contributed by atoms with Crippen LogP contribution in [-0.4, -0.2) is 45.4 Å². The topological polar surface area (TPSA) is 48.8 Å². The van der Waals surface area contributed by atoms with Crippen LogP contribution in [0.15, 0.2) is 108 Å². The molecule has 0 atom stereocenters. The monoisotopic (exact) mass is 720 g/mol. The van der Waals surface area contributed by atoms with E-state index in [1.54, 1.807) is 0 Å². The molecular formula is C44H60N6OS. The van der Waals surface area contributed by atoms with Crippen molar-refractivity contribution in [3.8, 4) is 5.75 Å². The Morgan fingerprint density at radius 3 is 1.79 bits per heavy atom. The molecule has 1 N–H and O–H groups in total. The van der Waals surface area contributed by atoms with Crippen molar-refractivity contribution in [3.63, 3.8) is 0 Å². The summed E-state index contributed by atoms with van der Waals surface area (Å²) in [5.41, 5.74) is 8.09. The lowest BCUT2D eigenvalue weighted by Gasteiger charge is -2.33. The zero-order valence-electron chi connectivity index (χ0n) is 33.5. The van der Waals surface area contributed by atoms with E-state index >= 15 is 0 Å². The fourth-order valence-electron chi connectivity index (χ4n) is 6.32. The van der Waals surface area contributed by atoms with Crippen LogP contribution in [0.5, 0.6) is 5.75 Å². The molecule has 0 bridgehead atoms. The van der Waals surface area contributed by atoms with Crippen LogP contribution >= 0.6 is 11.8 Å². The first-order chi connectivity index (χ1) is 24.4.